The van der Waals surface area contributed by atoms with E-state index in [1.165, 1.54) is 0 Å². The second-order valence-corrected chi connectivity index (χ2v) is 5.34. The highest BCUT2D eigenvalue weighted by atomic mass is 36.0. The van der Waals surface area contributed by atoms with Crippen LogP contribution in [0, 0.1) is 29.1 Å². The number of benzene rings is 1. The average molecular weight is 312 g/mol. The van der Waals surface area contributed by atoms with Crippen LogP contribution in [0.2, 0.25) is 0 Å². The molecule has 1 amide bonds. The third-order valence-corrected chi connectivity index (χ3v) is 2.29. The maximum absolute atomic E-state index is 13.0. The van der Waals surface area contributed by atoms with Crippen molar-refractivity contribution in [2.45, 2.75) is 0 Å². The number of carbonyl (C=O) groups excluding carboxylic acids is 1. The predicted octanol–water partition coefficient (Wildman–Crippen LogP) is 3.63. The Balaban J connectivity index is 3.55. The van der Waals surface area contributed by atoms with Crippen LogP contribution in [-0.4, -0.2) is 5.91 Å². The van der Waals surface area contributed by atoms with Gasteiger partial charge in [-0.25, -0.2) is 22.0 Å². The molecule has 0 saturated carbocycles. The molecule has 0 radical (unpaired) electrons. The molecule has 0 N–H and O–H groups in total. The maximum Gasteiger partial charge on any atom is 0.291 e. The normalized spacial score (nSPS) is 10.8. The fourth-order valence-electron chi connectivity index (χ4n) is 0.901. The Bertz CT molecular complexity index is 502. The minimum Gasteiger partial charge on any atom is -0.266 e. The van der Waals surface area contributed by atoms with E-state index in [9.17, 15) is 26.7 Å². The number of amides is 1. The van der Waals surface area contributed by atoms with E-state index in [0.29, 0.717) is 0 Å². The number of rotatable bonds is 1. The molecule has 94 valence electrons. The summed E-state index contributed by atoms with van der Waals surface area (Å²) in [5, 5.41) is 0. The highest BCUT2D eigenvalue weighted by Crippen LogP contribution is 2.24. The SMILES string of the molecule is O=C(N=S(Cl)Cl)c1c(F)c(F)c(F)c(F)c1F. The van der Waals surface area contributed by atoms with Crippen molar-refractivity contribution in [1.82, 2.24) is 0 Å². The van der Waals surface area contributed by atoms with Gasteiger partial charge in [-0.05, 0) is 21.4 Å². The Labute approximate surface area is 102 Å². The number of hydrogen-bond acceptors (Lipinski definition) is 1. The molecule has 0 aliphatic heterocycles. The Morgan fingerprint density at radius 2 is 1.24 bits per heavy atom. The second kappa shape index (κ2) is 5.28. The highest BCUT2D eigenvalue weighted by molar-refractivity contribution is 8.28. The molecule has 0 bridgehead atoms. The molecule has 1 aromatic rings. The topological polar surface area (TPSA) is 29.4 Å². The van der Waals surface area contributed by atoms with Gasteiger partial charge in [-0.1, -0.05) is 0 Å². The molecular formula is C7Cl2F5NOS. The van der Waals surface area contributed by atoms with Crippen LogP contribution >= 0.6 is 21.4 Å². The van der Waals surface area contributed by atoms with E-state index in [0.717, 1.165) is 0 Å². The van der Waals surface area contributed by atoms with Crippen molar-refractivity contribution < 1.29 is 26.7 Å². The summed E-state index contributed by atoms with van der Waals surface area (Å²) in [5.74, 6) is -13.2. The molecule has 0 aliphatic rings. The van der Waals surface area contributed by atoms with Crippen LogP contribution in [0.5, 0.6) is 0 Å². The standard InChI is InChI=1S/C7Cl2F5NOS/c8-17(9)15-7(16)1-2(10)4(12)6(14)5(13)3(1)11. The minimum atomic E-state index is -2.37. The van der Waals surface area contributed by atoms with E-state index in [1.807, 2.05) is 0 Å². The van der Waals surface area contributed by atoms with Crippen LogP contribution < -0.4 is 0 Å². The van der Waals surface area contributed by atoms with Gasteiger partial charge >= 0.3 is 0 Å². The molecule has 0 spiro atoms. The van der Waals surface area contributed by atoms with Gasteiger partial charge in [0.1, 0.15) is 5.56 Å². The van der Waals surface area contributed by atoms with Crippen LogP contribution in [0.4, 0.5) is 22.0 Å². The zero-order valence-corrected chi connectivity index (χ0v) is 9.74. The lowest BCUT2D eigenvalue weighted by Gasteiger charge is -2.04. The molecule has 0 aromatic heterocycles. The van der Waals surface area contributed by atoms with Crippen LogP contribution in [0.1, 0.15) is 10.4 Å². The molecule has 1 aromatic carbocycles. The van der Waals surface area contributed by atoms with E-state index in [4.69, 9.17) is 21.4 Å². The average Bonchev–Trinajstić information content (AvgIpc) is 2.23. The van der Waals surface area contributed by atoms with Gasteiger partial charge in [0.2, 0.25) is 5.82 Å². The summed E-state index contributed by atoms with van der Waals surface area (Å²) in [7, 11) is 8.14. The minimum absolute atomic E-state index is 1.69. The van der Waals surface area contributed by atoms with Gasteiger partial charge in [0.05, 0.1) is 9.12 Å². The van der Waals surface area contributed by atoms with E-state index in [2.05, 4.69) is 4.36 Å². The Morgan fingerprint density at radius 3 is 1.59 bits per heavy atom. The lowest BCUT2D eigenvalue weighted by atomic mass is 10.1. The molecule has 17 heavy (non-hydrogen) atoms. The number of hydrogen-bond donors (Lipinski definition) is 0. The maximum atomic E-state index is 13.0. The van der Waals surface area contributed by atoms with E-state index in [1.54, 1.807) is 0 Å². The van der Waals surface area contributed by atoms with Crippen molar-refractivity contribution in [3.05, 3.63) is 34.6 Å². The molecule has 0 unspecified atom stereocenters. The molecule has 10 heteroatoms. The van der Waals surface area contributed by atoms with Crippen molar-refractivity contribution >= 4 is 36.4 Å². The fraction of sp³-hybridized carbons (Fsp3) is 0. The van der Waals surface area contributed by atoms with Gasteiger partial charge in [-0.15, -0.1) is 0 Å². The molecular weight excluding hydrogens is 312 g/mol. The molecule has 0 saturated heterocycles. The Morgan fingerprint density at radius 1 is 0.882 bits per heavy atom. The summed E-state index contributed by atoms with van der Waals surface area (Å²) < 4.78 is 66.8. The lowest BCUT2D eigenvalue weighted by Crippen LogP contribution is -2.11. The van der Waals surface area contributed by atoms with Gasteiger partial charge in [0.25, 0.3) is 5.91 Å². The predicted molar refractivity (Wildman–Crippen MR) is 52.1 cm³/mol. The first-order chi connectivity index (χ1) is 7.77. The first kappa shape index (κ1) is 14.3. The van der Waals surface area contributed by atoms with Gasteiger partial charge in [0.15, 0.2) is 23.3 Å². The van der Waals surface area contributed by atoms with Crippen molar-refractivity contribution in [2.75, 3.05) is 0 Å². The van der Waals surface area contributed by atoms with E-state index >= 15 is 0 Å². The molecule has 1 rings (SSSR count). The van der Waals surface area contributed by atoms with Gasteiger partial charge in [0, 0.05) is 0 Å². The van der Waals surface area contributed by atoms with Gasteiger partial charge in [-0.2, -0.15) is 4.36 Å². The summed E-state index contributed by atoms with van der Waals surface area (Å²) in [5.41, 5.74) is -1.69. The Kier molecular flexibility index (Phi) is 4.45. The molecule has 0 fully saturated rings. The summed E-state index contributed by atoms with van der Waals surface area (Å²) in [4.78, 5) is 11.0. The van der Waals surface area contributed by atoms with Crippen LogP contribution in [-0.2, 0) is 9.12 Å². The summed E-state index contributed by atoms with van der Waals surface area (Å²) in [6.45, 7) is 0. The van der Waals surface area contributed by atoms with E-state index < -0.39 is 49.7 Å². The third-order valence-electron chi connectivity index (χ3n) is 1.58. The molecule has 0 heterocycles. The first-order valence-corrected chi connectivity index (χ1v) is 6.45. The fourth-order valence-corrected chi connectivity index (χ4v) is 1.49. The van der Waals surface area contributed by atoms with Gasteiger partial charge < -0.3 is 0 Å². The molecule has 0 aliphatic carbocycles. The van der Waals surface area contributed by atoms with Crippen molar-refractivity contribution in [2.24, 2.45) is 4.36 Å². The number of nitrogens with zero attached hydrogens (tertiary/aromatic N) is 1. The summed E-state index contributed by atoms with van der Waals surface area (Å²) in [6, 6.07) is 0. The third kappa shape index (κ3) is 2.75. The van der Waals surface area contributed by atoms with Crippen molar-refractivity contribution in [3.63, 3.8) is 0 Å². The van der Waals surface area contributed by atoms with Crippen LogP contribution in [0.25, 0.3) is 0 Å². The second-order valence-electron chi connectivity index (χ2n) is 2.54. The summed E-state index contributed by atoms with van der Waals surface area (Å²) in [6.07, 6.45) is 0. The molecule has 2 nitrogen and oxygen atoms in total. The highest BCUT2D eigenvalue weighted by Gasteiger charge is 2.29. The Hall–Kier alpha value is -0.730. The molecule has 0 atom stereocenters. The first-order valence-electron chi connectivity index (χ1n) is 3.61. The van der Waals surface area contributed by atoms with Crippen LogP contribution in [0.3, 0.4) is 0 Å². The van der Waals surface area contributed by atoms with Gasteiger partial charge in [-0.3, -0.25) is 4.79 Å². The quantitative estimate of drug-likeness (QED) is 0.442. The zero-order valence-electron chi connectivity index (χ0n) is 7.41. The lowest BCUT2D eigenvalue weighted by molar-refractivity contribution is 0.0994. The van der Waals surface area contributed by atoms with Crippen molar-refractivity contribution in [1.29, 1.82) is 0 Å². The zero-order chi connectivity index (χ0) is 13.3. The summed E-state index contributed by atoms with van der Waals surface area (Å²) >= 11 is 0. The largest absolute Gasteiger partial charge is 0.291 e. The number of carbonyl (C=O) groups is 1. The van der Waals surface area contributed by atoms with Crippen molar-refractivity contribution in [3.8, 4) is 0 Å². The monoisotopic (exact) mass is 311 g/mol. The number of halogens is 7. The smallest absolute Gasteiger partial charge is 0.266 e. The van der Waals surface area contributed by atoms with Crippen LogP contribution in [0.15, 0.2) is 4.36 Å². The van der Waals surface area contributed by atoms with E-state index in [-0.39, 0.29) is 0 Å².